The monoisotopic (exact) mass is 374 g/mol. The first-order valence-electron chi connectivity index (χ1n) is 9.24. The van der Waals surface area contributed by atoms with Crippen LogP contribution >= 0.6 is 0 Å². The van der Waals surface area contributed by atoms with E-state index in [1.54, 1.807) is 19.2 Å². The standard InChI is InChI=1S/C23H19FN2O2/c1-27-18-12-8-16(9-13-18)23-26-21(19-4-2-3-5-22(19)28-23)14-20(25-26)15-6-10-17(24)11-7-15/h2-13,21,23H,14H2,1H3/t21-,23+/m1/s1. The van der Waals surface area contributed by atoms with E-state index in [1.807, 2.05) is 47.5 Å². The Balaban J connectivity index is 1.56. The molecule has 0 fully saturated rings. The summed E-state index contributed by atoms with van der Waals surface area (Å²) in [6.45, 7) is 0. The van der Waals surface area contributed by atoms with Crippen LogP contribution in [0.25, 0.3) is 0 Å². The number of halogens is 1. The van der Waals surface area contributed by atoms with E-state index in [0.29, 0.717) is 0 Å². The first kappa shape index (κ1) is 16.8. The lowest BCUT2D eigenvalue weighted by atomic mass is 9.96. The van der Waals surface area contributed by atoms with Gasteiger partial charge >= 0.3 is 0 Å². The van der Waals surface area contributed by atoms with E-state index in [0.717, 1.165) is 40.3 Å². The molecule has 5 heteroatoms. The molecule has 3 aromatic rings. The fourth-order valence-corrected chi connectivity index (χ4v) is 3.84. The average Bonchev–Trinajstić information content (AvgIpc) is 3.19. The van der Waals surface area contributed by atoms with Gasteiger partial charge in [-0.3, -0.25) is 0 Å². The quantitative estimate of drug-likeness (QED) is 0.641. The second-order valence-electron chi connectivity index (χ2n) is 6.93. The molecule has 140 valence electrons. The van der Waals surface area contributed by atoms with E-state index in [2.05, 4.69) is 6.07 Å². The van der Waals surface area contributed by atoms with Gasteiger partial charge < -0.3 is 9.47 Å². The molecule has 5 rings (SSSR count). The molecule has 0 N–H and O–H groups in total. The summed E-state index contributed by atoms with van der Waals surface area (Å²) in [5.74, 6) is 1.43. The lowest BCUT2D eigenvalue weighted by Gasteiger charge is -2.38. The van der Waals surface area contributed by atoms with Gasteiger partial charge in [0.1, 0.15) is 17.3 Å². The summed E-state index contributed by atoms with van der Waals surface area (Å²) in [7, 11) is 1.65. The van der Waals surface area contributed by atoms with E-state index >= 15 is 0 Å². The zero-order valence-corrected chi connectivity index (χ0v) is 15.4. The highest BCUT2D eigenvalue weighted by molar-refractivity contribution is 6.01. The molecule has 0 spiro atoms. The predicted molar refractivity (Wildman–Crippen MR) is 105 cm³/mol. The zero-order valence-electron chi connectivity index (χ0n) is 15.4. The molecule has 3 aromatic carbocycles. The van der Waals surface area contributed by atoms with Crippen LogP contribution in [0.5, 0.6) is 11.5 Å². The molecular formula is C23H19FN2O2. The SMILES string of the molecule is COc1ccc([C@@H]2Oc3ccccc3[C@H]3CC(c4ccc(F)cc4)=NN32)cc1. The Kier molecular flexibility index (Phi) is 4.01. The number of hydrogen-bond donors (Lipinski definition) is 0. The van der Waals surface area contributed by atoms with E-state index < -0.39 is 0 Å². The summed E-state index contributed by atoms with van der Waals surface area (Å²) in [6, 6.07) is 22.5. The Labute approximate surface area is 162 Å². The van der Waals surface area contributed by atoms with Crippen molar-refractivity contribution in [3.8, 4) is 11.5 Å². The molecule has 0 saturated carbocycles. The summed E-state index contributed by atoms with van der Waals surface area (Å²) in [6.07, 6.45) is 0.419. The third-order valence-electron chi connectivity index (χ3n) is 5.28. The van der Waals surface area contributed by atoms with Crippen molar-refractivity contribution in [2.45, 2.75) is 18.7 Å². The van der Waals surface area contributed by atoms with Crippen molar-refractivity contribution in [3.63, 3.8) is 0 Å². The first-order chi connectivity index (χ1) is 13.7. The highest BCUT2D eigenvalue weighted by atomic mass is 19.1. The van der Waals surface area contributed by atoms with Crippen molar-refractivity contribution < 1.29 is 13.9 Å². The fourth-order valence-electron chi connectivity index (χ4n) is 3.84. The zero-order chi connectivity index (χ0) is 19.1. The molecule has 0 amide bonds. The molecule has 0 radical (unpaired) electrons. The highest BCUT2D eigenvalue weighted by Crippen LogP contribution is 2.47. The molecule has 0 unspecified atom stereocenters. The van der Waals surface area contributed by atoms with E-state index in [1.165, 1.54) is 12.1 Å². The first-order valence-corrected chi connectivity index (χ1v) is 9.24. The number of hydrazone groups is 1. The largest absolute Gasteiger partial charge is 0.497 e. The number of methoxy groups -OCH3 is 1. The van der Waals surface area contributed by atoms with Crippen molar-refractivity contribution in [1.29, 1.82) is 0 Å². The molecular weight excluding hydrogens is 355 g/mol. The van der Waals surface area contributed by atoms with E-state index in [-0.39, 0.29) is 18.1 Å². The second-order valence-corrected chi connectivity index (χ2v) is 6.93. The molecule has 28 heavy (non-hydrogen) atoms. The summed E-state index contributed by atoms with van der Waals surface area (Å²) in [5, 5.41) is 6.90. The minimum Gasteiger partial charge on any atom is -0.497 e. The number of ether oxygens (including phenoxy) is 2. The molecule has 4 nitrogen and oxygen atoms in total. The van der Waals surface area contributed by atoms with E-state index in [9.17, 15) is 4.39 Å². The molecule has 0 bridgehead atoms. The smallest absolute Gasteiger partial charge is 0.213 e. The van der Waals surface area contributed by atoms with Crippen LogP contribution in [0, 0.1) is 5.82 Å². The molecule has 0 saturated heterocycles. The summed E-state index contributed by atoms with van der Waals surface area (Å²) in [4.78, 5) is 0. The molecule has 2 heterocycles. The van der Waals surface area contributed by atoms with Gasteiger partial charge in [0.2, 0.25) is 6.23 Å². The van der Waals surface area contributed by atoms with Crippen LogP contribution in [-0.4, -0.2) is 17.8 Å². The Morgan fingerprint density at radius 1 is 1.00 bits per heavy atom. The van der Waals surface area contributed by atoms with Gasteiger partial charge in [-0.25, -0.2) is 9.40 Å². The van der Waals surface area contributed by atoms with Crippen LogP contribution < -0.4 is 9.47 Å². The molecule has 0 aliphatic carbocycles. The van der Waals surface area contributed by atoms with Gasteiger partial charge in [-0.2, -0.15) is 5.10 Å². The van der Waals surface area contributed by atoms with Crippen LogP contribution in [0.1, 0.15) is 35.4 Å². The van der Waals surface area contributed by atoms with Gasteiger partial charge in [-0.1, -0.05) is 30.3 Å². The van der Waals surface area contributed by atoms with Gasteiger partial charge in [-0.05, 0) is 48.0 Å². The van der Waals surface area contributed by atoms with Gasteiger partial charge in [0, 0.05) is 17.5 Å². The van der Waals surface area contributed by atoms with Gasteiger partial charge in [0.25, 0.3) is 0 Å². The summed E-state index contributed by atoms with van der Waals surface area (Å²) in [5.41, 5.74) is 3.99. The average molecular weight is 374 g/mol. The fraction of sp³-hybridized carbons (Fsp3) is 0.174. The third-order valence-corrected chi connectivity index (χ3v) is 5.28. The minimum absolute atomic E-state index is 0.0807. The van der Waals surface area contributed by atoms with Gasteiger partial charge in [-0.15, -0.1) is 0 Å². The summed E-state index contributed by atoms with van der Waals surface area (Å²) < 4.78 is 24.9. The van der Waals surface area contributed by atoms with Crippen LogP contribution in [-0.2, 0) is 0 Å². The van der Waals surface area contributed by atoms with Crippen molar-refractivity contribution >= 4 is 5.71 Å². The maximum Gasteiger partial charge on any atom is 0.213 e. The Morgan fingerprint density at radius 3 is 2.50 bits per heavy atom. The number of fused-ring (bicyclic) bond motifs is 3. The lowest BCUT2D eigenvalue weighted by Crippen LogP contribution is -2.33. The predicted octanol–water partition coefficient (Wildman–Crippen LogP) is 5.08. The molecule has 0 aromatic heterocycles. The minimum atomic E-state index is -0.330. The number of hydrogen-bond acceptors (Lipinski definition) is 4. The normalized spacial score (nSPS) is 20.1. The number of rotatable bonds is 3. The maximum absolute atomic E-state index is 13.3. The lowest BCUT2D eigenvalue weighted by molar-refractivity contribution is -0.0190. The van der Waals surface area contributed by atoms with Crippen LogP contribution in [0.15, 0.2) is 77.9 Å². The third kappa shape index (κ3) is 2.80. The topological polar surface area (TPSA) is 34.1 Å². The second kappa shape index (κ2) is 6.68. The Bertz CT molecular complexity index is 1030. The highest BCUT2D eigenvalue weighted by Gasteiger charge is 2.40. The van der Waals surface area contributed by atoms with Crippen molar-refractivity contribution in [2.24, 2.45) is 5.10 Å². The van der Waals surface area contributed by atoms with Crippen molar-refractivity contribution in [2.75, 3.05) is 7.11 Å². The van der Waals surface area contributed by atoms with Gasteiger partial charge in [0.15, 0.2) is 0 Å². The maximum atomic E-state index is 13.3. The molecule has 2 aliphatic heterocycles. The van der Waals surface area contributed by atoms with Crippen LogP contribution in [0.4, 0.5) is 4.39 Å². The van der Waals surface area contributed by atoms with Crippen molar-refractivity contribution in [1.82, 2.24) is 5.01 Å². The van der Waals surface area contributed by atoms with Crippen LogP contribution in [0.2, 0.25) is 0 Å². The number of nitrogens with zero attached hydrogens (tertiary/aromatic N) is 2. The van der Waals surface area contributed by atoms with Gasteiger partial charge in [0.05, 0.1) is 18.9 Å². The Hall–Kier alpha value is -3.34. The van der Waals surface area contributed by atoms with Crippen molar-refractivity contribution in [3.05, 3.63) is 95.3 Å². The summed E-state index contributed by atoms with van der Waals surface area (Å²) >= 11 is 0. The number of benzene rings is 3. The Morgan fingerprint density at radius 2 is 1.75 bits per heavy atom. The van der Waals surface area contributed by atoms with Crippen LogP contribution in [0.3, 0.4) is 0 Å². The number of para-hydroxylation sites is 1. The molecule has 2 aliphatic rings. The van der Waals surface area contributed by atoms with E-state index in [4.69, 9.17) is 14.6 Å². The molecule has 2 atom stereocenters.